The maximum absolute atomic E-state index is 11.4. The van der Waals surface area contributed by atoms with Gasteiger partial charge in [0.2, 0.25) is 6.29 Å². The van der Waals surface area contributed by atoms with Gasteiger partial charge >= 0.3 is 5.97 Å². The maximum atomic E-state index is 11.4. The van der Waals surface area contributed by atoms with Crippen LogP contribution in [0.3, 0.4) is 0 Å². The van der Waals surface area contributed by atoms with Crippen molar-refractivity contribution in [2.24, 2.45) is 5.92 Å². The van der Waals surface area contributed by atoms with Crippen LogP contribution in [0.1, 0.15) is 65.7 Å². The van der Waals surface area contributed by atoms with Gasteiger partial charge in [0.1, 0.15) is 0 Å². The van der Waals surface area contributed by atoms with Crippen molar-refractivity contribution in [1.82, 2.24) is 0 Å². The van der Waals surface area contributed by atoms with E-state index in [1.54, 1.807) is 6.92 Å². The summed E-state index contributed by atoms with van der Waals surface area (Å²) in [6.45, 7) is 9.38. The van der Waals surface area contributed by atoms with Crippen molar-refractivity contribution in [2.45, 2.75) is 72.0 Å². The van der Waals surface area contributed by atoms with Crippen LogP contribution in [0.2, 0.25) is 0 Å². The zero-order chi connectivity index (χ0) is 14.0. The first-order valence-electron chi connectivity index (χ1n) is 7.07. The average molecular weight is 256 g/mol. The Morgan fingerprint density at radius 1 is 1.17 bits per heavy atom. The Labute approximate surface area is 111 Å². The fourth-order valence-electron chi connectivity index (χ4n) is 1.86. The molecule has 0 rings (SSSR count). The van der Waals surface area contributed by atoms with Crippen LogP contribution in [0, 0.1) is 5.92 Å². The minimum Gasteiger partial charge on any atom is -0.432 e. The molecule has 0 saturated carbocycles. The van der Waals surface area contributed by atoms with E-state index in [-0.39, 0.29) is 5.92 Å². The number of unbranched alkanes of at least 4 members (excludes halogenated alkanes) is 3. The van der Waals surface area contributed by atoms with Crippen LogP contribution in [0.5, 0.6) is 0 Å². The Balaban J connectivity index is 4.24. The molecule has 3 nitrogen and oxygen atoms in total. The first kappa shape index (κ1) is 17.2. The summed E-state index contributed by atoms with van der Waals surface area (Å²) in [7, 11) is 0. The quantitative estimate of drug-likeness (QED) is 0.280. The fourth-order valence-corrected chi connectivity index (χ4v) is 1.86. The number of hydrogen-bond acceptors (Lipinski definition) is 3. The summed E-state index contributed by atoms with van der Waals surface area (Å²) in [6, 6.07) is 0. The molecule has 0 aromatic carbocycles. The number of aliphatic hydroxyl groups is 1. The highest BCUT2D eigenvalue weighted by molar-refractivity contribution is 5.86. The van der Waals surface area contributed by atoms with Crippen molar-refractivity contribution < 1.29 is 14.6 Å². The molecule has 0 aromatic heterocycles. The summed E-state index contributed by atoms with van der Waals surface area (Å²) < 4.78 is 5.02. The van der Waals surface area contributed by atoms with Gasteiger partial charge in [0, 0.05) is 11.5 Å². The van der Waals surface area contributed by atoms with Gasteiger partial charge in [-0.1, -0.05) is 52.5 Å². The summed E-state index contributed by atoms with van der Waals surface area (Å²) in [4.78, 5) is 11.4. The summed E-state index contributed by atoms with van der Waals surface area (Å²) in [5.41, 5.74) is 0.330. The van der Waals surface area contributed by atoms with E-state index in [4.69, 9.17) is 4.74 Å². The highest BCUT2D eigenvalue weighted by Gasteiger charge is 2.22. The molecule has 0 radical (unpaired) electrons. The second kappa shape index (κ2) is 10.1. The molecule has 106 valence electrons. The van der Waals surface area contributed by atoms with Crippen molar-refractivity contribution in [3.05, 3.63) is 12.2 Å². The third-order valence-corrected chi connectivity index (χ3v) is 3.09. The molecule has 2 atom stereocenters. The first-order chi connectivity index (χ1) is 8.52. The van der Waals surface area contributed by atoms with Crippen molar-refractivity contribution in [3.8, 4) is 0 Å². The second-order valence-corrected chi connectivity index (χ2v) is 4.97. The molecule has 0 fully saturated rings. The van der Waals surface area contributed by atoms with Crippen LogP contribution >= 0.6 is 0 Å². The average Bonchev–Trinajstić information content (AvgIpc) is 2.33. The topological polar surface area (TPSA) is 46.5 Å². The number of hydrogen-bond donors (Lipinski definition) is 1. The van der Waals surface area contributed by atoms with Crippen molar-refractivity contribution in [1.29, 1.82) is 0 Å². The molecular formula is C15H28O3. The predicted molar refractivity (Wildman–Crippen MR) is 74.1 cm³/mol. The van der Waals surface area contributed by atoms with Gasteiger partial charge in [-0.05, 0) is 19.8 Å². The minimum atomic E-state index is -0.988. The standard InChI is InChI=1S/C15H28O3/c1-5-7-9-11-13(10-8-6-2)15(17)18-14(16)12(3)4/h13,15,17H,3,5-11H2,1-2,4H3. The van der Waals surface area contributed by atoms with E-state index in [1.165, 1.54) is 0 Å². The Morgan fingerprint density at radius 3 is 2.22 bits per heavy atom. The van der Waals surface area contributed by atoms with E-state index in [1.807, 2.05) is 0 Å². The minimum absolute atomic E-state index is 0.0554. The maximum Gasteiger partial charge on any atom is 0.335 e. The molecule has 0 aliphatic heterocycles. The van der Waals surface area contributed by atoms with E-state index in [0.717, 1.165) is 44.9 Å². The Morgan fingerprint density at radius 2 is 1.72 bits per heavy atom. The number of carbonyl (C=O) groups is 1. The molecule has 0 aromatic rings. The first-order valence-corrected chi connectivity index (χ1v) is 7.07. The molecule has 3 heteroatoms. The van der Waals surface area contributed by atoms with Crippen molar-refractivity contribution in [3.63, 3.8) is 0 Å². The Hall–Kier alpha value is -0.830. The fraction of sp³-hybridized carbons (Fsp3) is 0.800. The lowest BCUT2D eigenvalue weighted by atomic mass is 9.95. The SMILES string of the molecule is C=C(C)C(=O)OC(O)C(CCCC)CCCCC. The summed E-state index contributed by atoms with van der Waals surface area (Å²) in [6.07, 6.45) is 6.36. The third-order valence-electron chi connectivity index (χ3n) is 3.09. The number of esters is 1. The number of rotatable bonds is 10. The molecule has 0 aliphatic carbocycles. The van der Waals surface area contributed by atoms with Gasteiger partial charge in [0.05, 0.1) is 0 Å². The van der Waals surface area contributed by atoms with E-state index in [2.05, 4.69) is 20.4 Å². The van der Waals surface area contributed by atoms with Gasteiger partial charge in [0.25, 0.3) is 0 Å². The molecule has 0 saturated heterocycles. The van der Waals surface area contributed by atoms with E-state index in [9.17, 15) is 9.90 Å². The van der Waals surface area contributed by atoms with E-state index in [0.29, 0.717) is 5.57 Å². The molecule has 2 unspecified atom stereocenters. The lowest BCUT2D eigenvalue weighted by Crippen LogP contribution is -2.27. The molecule has 0 bridgehead atoms. The van der Waals surface area contributed by atoms with Gasteiger partial charge in [-0.15, -0.1) is 0 Å². The smallest absolute Gasteiger partial charge is 0.335 e. The molecule has 0 aliphatic rings. The lowest BCUT2D eigenvalue weighted by Gasteiger charge is -2.22. The van der Waals surface area contributed by atoms with Gasteiger partial charge in [-0.3, -0.25) is 0 Å². The van der Waals surface area contributed by atoms with Crippen LogP contribution in [0.4, 0.5) is 0 Å². The highest BCUT2D eigenvalue weighted by Crippen LogP contribution is 2.22. The monoisotopic (exact) mass is 256 g/mol. The summed E-state index contributed by atoms with van der Waals surface area (Å²) in [5.74, 6) is -0.445. The summed E-state index contributed by atoms with van der Waals surface area (Å²) in [5, 5.41) is 9.97. The zero-order valence-corrected chi connectivity index (χ0v) is 12.1. The van der Waals surface area contributed by atoms with Gasteiger partial charge in [-0.25, -0.2) is 4.79 Å². The molecule has 0 amide bonds. The molecule has 0 spiro atoms. The van der Waals surface area contributed by atoms with Gasteiger partial charge in [0.15, 0.2) is 0 Å². The number of carbonyl (C=O) groups excluding carboxylic acids is 1. The van der Waals surface area contributed by atoms with Gasteiger partial charge < -0.3 is 9.84 Å². The van der Waals surface area contributed by atoms with Crippen molar-refractivity contribution >= 4 is 5.97 Å². The van der Waals surface area contributed by atoms with Crippen LogP contribution in [-0.4, -0.2) is 17.4 Å². The predicted octanol–water partition coefficient (Wildman–Crippen LogP) is 3.81. The zero-order valence-electron chi connectivity index (χ0n) is 12.1. The molecular weight excluding hydrogens is 228 g/mol. The number of aliphatic hydroxyl groups excluding tert-OH is 1. The largest absolute Gasteiger partial charge is 0.432 e. The van der Waals surface area contributed by atoms with Gasteiger partial charge in [-0.2, -0.15) is 0 Å². The second-order valence-electron chi connectivity index (χ2n) is 4.97. The van der Waals surface area contributed by atoms with Crippen LogP contribution in [0.25, 0.3) is 0 Å². The third kappa shape index (κ3) is 7.49. The van der Waals surface area contributed by atoms with Crippen LogP contribution in [-0.2, 0) is 9.53 Å². The van der Waals surface area contributed by atoms with E-state index >= 15 is 0 Å². The molecule has 18 heavy (non-hydrogen) atoms. The van der Waals surface area contributed by atoms with Crippen molar-refractivity contribution in [2.75, 3.05) is 0 Å². The Kier molecular flexibility index (Phi) is 9.66. The lowest BCUT2D eigenvalue weighted by molar-refractivity contribution is -0.173. The molecule has 1 N–H and O–H groups in total. The molecule has 0 heterocycles. The normalized spacial score (nSPS) is 14.0. The van der Waals surface area contributed by atoms with E-state index < -0.39 is 12.3 Å². The highest BCUT2D eigenvalue weighted by atomic mass is 16.6. The Bertz CT molecular complexity index is 248. The number of ether oxygens (including phenoxy) is 1. The summed E-state index contributed by atoms with van der Waals surface area (Å²) >= 11 is 0. The van der Waals surface area contributed by atoms with Crippen LogP contribution < -0.4 is 0 Å². The van der Waals surface area contributed by atoms with Crippen LogP contribution in [0.15, 0.2) is 12.2 Å².